The van der Waals surface area contributed by atoms with Crippen molar-refractivity contribution >= 4 is 5.97 Å². The van der Waals surface area contributed by atoms with E-state index in [1.165, 1.54) is 25.7 Å². The Kier molecular flexibility index (Phi) is 3.93. The van der Waals surface area contributed by atoms with Crippen LogP contribution in [-0.4, -0.2) is 23.7 Å². The maximum atomic E-state index is 10.4. The van der Waals surface area contributed by atoms with E-state index < -0.39 is 5.97 Å². The van der Waals surface area contributed by atoms with Crippen molar-refractivity contribution in [1.29, 1.82) is 0 Å². The van der Waals surface area contributed by atoms with Crippen LogP contribution in [0, 0.1) is 5.41 Å². The molecule has 3 heteroatoms. The third-order valence-electron chi connectivity index (χ3n) is 3.24. The lowest BCUT2D eigenvalue weighted by atomic mass is 9.73. The van der Waals surface area contributed by atoms with Gasteiger partial charge in [-0.1, -0.05) is 26.7 Å². The van der Waals surface area contributed by atoms with E-state index >= 15 is 0 Å². The Hall–Kier alpha value is -0.570. The Morgan fingerprint density at radius 1 is 1.50 bits per heavy atom. The second-order valence-electron chi connectivity index (χ2n) is 4.88. The van der Waals surface area contributed by atoms with Gasteiger partial charge in [0.1, 0.15) is 0 Å². The van der Waals surface area contributed by atoms with Crippen molar-refractivity contribution in [2.24, 2.45) is 5.41 Å². The van der Waals surface area contributed by atoms with E-state index in [0.717, 1.165) is 0 Å². The summed E-state index contributed by atoms with van der Waals surface area (Å²) in [5.74, 6) is -0.717. The van der Waals surface area contributed by atoms with Gasteiger partial charge in [-0.25, -0.2) is 0 Å². The smallest absolute Gasteiger partial charge is 0.304 e. The first-order valence-corrected chi connectivity index (χ1v) is 5.47. The van der Waals surface area contributed by atoms with Crippen LogP contribution in [0.3, 0.4) is 0 Å². The zero-order chi connectivity index (χ0) is 10.6. The molecule has 2 N–H and O–H groups in total. The molecule has 1 aliphatic rings. The van der Waals surface area contributed by atoms with Crippen molar-refractivity contribution in [2.75, 3.05) is 6.54 Å². The lowest BCUT2D eigenvalue weighted by Gasteiger charge is -2.39. The third-order valence-corrected chi connectivity index (χ3v) is 3.24. The quantitative estimate of drug-likeness (QED) is 0.728. The first-order valence-electron chi connectivity index (χ1n) is 5.47. The normalized spacial score (nSPS) is 26.0. The van der Waals surface area contributed by atoms with Gasteiger partial charge < -0.3 is 10.4 Å². The van der Waals surface area contributed by atoms with E-state index in [-0.39, 0.29) is 6.42 Å². The molecule has 0 aromatic rings. The molecule has 14 heavy (non-hydrogen) atoms. The topological polar surface area (TPSA) is 49.3 Å². The first kappa shape index (κ1) is 11.5. The summed E-state index contributed by atoms with van der Waals surface area (Å²) in [5.41, 5.74) is 0.330. The molecule has 1 aliphatic carbocycles. The Morgan fingerprint density at radius 2 is 2.21 bits per heavy atom. The van der Waals surface area contributed by atoms with Crippen molar-refractivity contribution in [3.63, 3.8) is 0 Å². The summed E-state index contributed by atoms with van der Waals surface area (Å²) in [7, 11) is 0. The summed E-state index contributed by atoms with van der Waals surface area (Å²) in [6.45, 7) is 5.14. The number of hydrogen-bond donors (Lipinski definition) is 2. The molecule has 0 radical (unpaired) electrons. The fraction of sp³-hybridized carbons (Fsp3) is 0.909. The highest BCUT2D eigenvalue weighted by atomic mass is 16.4. The number of carbonyl (C=O) groups is 1. The summed E-state index contributed by atoms with van der Waals surface area (Å²) in [6.07, 6.45) is 5.25. The molecule has 0 bridgehead atoms. The molecular weight excluding hydrogens is 178 g/mol. The Bertz CT molecular complexity index is 201. The number of nitrogens with one attached hydrogen (secondary N) is 1. The van der Waals surface area contributed by atoms with Crippen LogP contribution in [0.1, 0.15) is 46.0 Å². The summed E-state index contributed by atoms with van der Waals surface area (Å²) >= 11 is 0. The third kappa shape index (κ3) is 3.29. The van der Waals surface area contributed by atoms with E-state index in [1.807, 2.05) is 0 Å². The van der Waals surface area contributed by atoms with Gasteiger partial charge in [0.05, 0.1) is 6.42 Å². The molecule has 0 amide bonds. The van der Waals surface area contributed by atoms with Gasteiger partial charge in [-0.2, -0.15) is 0 Å². The Morgan fingerprint density at radius 3 is 2.79 bits per heavy atom. The van der Waals surface area contributed by atoms with E-state index in [9.17, 15) is 4.79 Å². The molecule has 1 rings (SSSR count). The number of rotatable bonds is 4. The van der Waals surface area contributed by atoms with Gasteiger partial charge in [-0.15, -0.1) is 0 Å². The molecule has 1 saturated carbocycles. The average molecular weight is 199 g/mol. The second-order valence-corrected chi connectivity index (χ2v) is 4.88. The fourth-order valence-corrected chi connectivity index (χ4v) is 2.23. The summed E-state index contributed by atoms with van der Waals surface area (Å²) in [5, 5.41) is 11.9. The van der Waals surface area contributed by atoms with Crippen molar-refractivity contribution < 1.29 is 9.90 Å². The molecule has 0 saturated heterocycles. The van der Waals surface area contributed by atoms with Crippen LogP contribution in [0.15, 0.2) is 0 Å². The minimum atomic E-state index is -0.717. The van der Waals surface area contributed by atoms with Gasteiger partial charge in [0.15, 0.2) is 0 Å². The van der Waals surface area contributed by atoms with Gasteiger partial charge in [-0.05, 0) is 18.3 Å². The maximum Gasteiger partial charge on any atom is 0.304 e. The SMILES string of the molecule is CC1(C)CCCCC1NCCC(=O)O. The van der Waals surface area contributed by atoms with Crippen LogP contribution in [0.4, 0.5) is 0 Å². The fourth-order valence-electron chi connectivity index (χ4n) is 2.23. The molecule has 1 unspecified atom stereocenters. The van der Waals surface area contributed by atoms with E-state index in [4.69, 9.17) is 5.11 Å². The zero-order valence-corrected chi connectivity index (χ0v) is 9.18. The van der Waals surface area contributed by atoms with Gasteiger partial charge in [0.2, 0.25) is 0 Å². The first-order chi connectivity index (χ1) is 6.52. The molecular formula is C11H21NO2. The van der Waals surface area contributed by atoms with Gasteiger partial charge in [0.25, 0.3) is 0 Å². The highest BCUT2D eigenvalue weighted by Crippen LogP contribution is 2.35. The van der Waals surface area contributed by atoms with Gasteiger partial charge >= 0.3 is 5.97 Å². The number of aliphatic carboxylic acids is 1. The maximum absolute atomic E-state index is 10.4. The Balaban J connectivity index is 2.31. The molecule has 3 nitrogen and oxygen atoms in total. The number of carboxylic acid groups (broad SMARTS) is 1. The van der Waals surface area contributed by atoms with E-state index in [2.05, 4.69) is 19.2 Å². The molecule has 82 valence electrons. The van der Waals surface area contributed by atoms with Crippen molar-refractivity contribution in [1.82, 2.24) is 5.32 Å². The van der Waals surface area contributed by atoms with Crippen molar-refractivity contribution in [3.05, 3.63) is 0 Å². The highest BCUT2D eigenvalue weighted by molar-refractivity contribution is 5.66. The van der Waals surface area contributed by atoms with Crippen LogP contribution in [0.25, 0.3) is 0 Å². The van der Waals surface area contributed by atoms with Crippen LogP contribution < -0.4 is 5.32 Å². The monoisotopic (exact) mass is 199 g/mol. The molecule has 0 spiro atoms. The van der Waals surface area contributed by atoms with Crippen LogP contribution in [0.2, 0.25) is 0 Å². The van der Waals surface area contributed by atoms with Crippen LogP contribution in [0.5, 0.6) is 0 Å². The summed E-state index contributed by atoms with van der Waals surface area (Å²) in [6, 6.07) is 0.496. The lowest BCUT2D eigenvalue weighted by molar-refractivity contribution is -0.136. The van der Waals surface area contributed by atoms with Gasteiger partial charge in [-0.3, -0.25) is 4.79 Å². The van der Waals surface area contributed by atoms with Crippen molar-refractivity contribution in [2.45, 2.75) is 52.0 Å². The zero-order valence-electron chi connectivity index (χ0n) is 9.18. The van der Waals surface area contributed by atoms with E-state index in [1.54, 1.807) is 0 Å². The molecule has 1 fully saturated rings. The Labute approximate surface area is 85.9 Å². The highest BCUT2D eigenvalue weighted by Gasteiger charge is 2.31. The molecule has 0 heterocycles. The van der Waals surface area contributed by atoms with Gasteiger partial charge in [0, 0.05) is 12.6 Å². The minimum absolute atomic E-state index is 0.229. The van der Waals surface area contributed by atoms with Crippen molar-refractivity contribution in [3.8, 4) is 0 Å². The summed E-state index contributed by atoms with van der Waals surface area (Å²) in [4.78, 5) is 10.4. The molecule has 0 aliphatic heterocycles. The standard InChI is InChI=1S/C11H21NO2/c1-11(2)7-4-3-5-9(11)12-8-6-10(13)14/h9,12H,3-8H2,1-2H3,(H,13,14). The van der Waals surface area contributed by atoms with Crippen LogP contribution in [-0.2, 0) is 4.79 Å². The largest absolute Gasteiger partial charge is 0.481 e. The predicted octanol–water partition coefficient (Wildman–Crippen LogP) is 2.02. The summed E-state index contributed by atoms with van der Waals surface area (Å²) < 4.78 is 0. The average Bonchev–Trinajstić information content (AvgIpc) is 2.07. The predicted molar refractivity (Wildman–Crippen MR) is 56.3 cm³/mol. The number of carboxylic acids is 1. The second kappa shape index (κ2) is 4.78. The molecule has 0 aromatic heterocycles. The lowest BCUT2D eigenvalue weighted by Crippen LogP contribution is -2.44. The molecule has 0 aromatic carbocycles. The van der Waals surface area contributed by atoms with E-state index in [0.29, 0.717) is 18.0 Å². The molecule has 1 atom stereocenters. The minimum Gasteiger partial charge on any atom is -0.481 e. The number of hydrogen-bond acceptors (Lipinski definition) is 2. The van der Waals surface area contributed by atoms with Crippen LogP contribution >= 0.6 is 0 Å².